The average Bonchev–Trinajstić information content (AvgIpc) is 2.42. The molecule has 1 N–H and O–H groups in total. The van der Waals surface area contributed by atoms with Crippen LogP contribution in [0.25, 0.3) is 0 Å². The van der Waals surface area contributed by atoms with Crippen molar-refractivity contribution in [1.82, 2.24) is 10.2 Å². The molecule has 3 nitrogen and oxygen atoms in total. The summed E-state index contributed by atoms with van der Waals surface area (Å²) >= 11 is 0. The Bertz CT molecular complexity index is 365. The number of ether oxygens (including phenoxy) is 1. The minimum absolute atomic E-state index is 0.376. The lowest BCUT2D eigenvalue weighted by molar-refractivity contribution is 0.142. The number of nitrogens with one attached hydrogen (secondary N) is 1. The van der Waals surface area contributed by atoms with Gasteiger partial charge in [-0.15, -0.1) is 0 Å². The van der Waals surface area contributed by atoms with E-state index in [-0.39, 0.29) is 0 Å². The van der Waals surface area contributed by atoms with Crippen LogP contribution in [0.15, 0.2) is 24.3 Å². The fourth-order valence-corrected chi connectivity index (χ4v) is 2.40. The third-order valence-corrected chi connectivity index (χ3v) is 3.76. The topological polar surface area (TPSA) is 24.5 Å². The second-order valence-corrected chi connectivity index (χ2v) is 5.85. The largest absolute Gasteiger partial charge is 0.492 e. The van der Waals surface area contributed by atoms with E-state index in [0.717, 1.165) is 18.9 Å². The highest BCUT2D eigenvalue weighted by molar-refractivity contribution is 5.28. The van der Waals surface area contributed by atoms with Crippen molar-refractivity contribution in [3.05, 3.63) is 29.8 Å². The van der Waals surface area contributed by atoms with Crippen molar-refractivity contribution < 1.29 is 4.74 Å². The number of hydrogen-bond donors (Lipinski definition) is 1. The van der Waals surface area contributed by atoms with Crippen molar-refractivity contribution in [2.75, 3.05) is 20.2 Å². The standard InChI is InChI=1S/C17H30N2O/c1-13(2)19(14(3)4)11-12-20-17-9-7-16(8-10-17)15(5)18-6/h7-10,13-15,18H,11-12H2,1-6H3. The Kier molecular flexibility index (Phi) is 7.03. The molecule has 0 heterocycles. The molecule has 0 amide bonds. The van der Waals surface area contributed by atoms with Gasteiger partial charge in [-0.25, -0.2) is 0 Å². The molecule has 0 spiro atoms. The molecule has 0 aliphatic carbocycles. The molecule has 0 aromatic heterocycles. The van der Waals surface area contributed by atoms with Crippen LogP contribution >= 0.6 is 0 Å². The van der Waals surface area contributed by atoms with Crippen molar-refractivity contribution in [2.24, 2.45) is 0 Å². The summed E-state index contributed by atoms with van der Waals surface area (Å²) in [4.78, 5) is 2.44. The van der Waals surface area contributed by atoms with E-state index in [9.17, 15) is 0 Å². The minimum atomic E-state index is 0.376. The molecule has 20 heavy (non-hydrogen) atoms. The molecule has 1 unspecified atom stereocenters. The molecule has 1 atom stereocenters. The third-order valence-electron chi connectivity index (χ3n) is 3.76. The molecule has 1 aromatic carbocycles. The van der Waals surface area contributed by atoms with Gasteiger partial charge in [0.15, 0.2) is 0 Å². The molecular formula is C17H30N2O. The van der Waals surface area contributed by atoms with Gasteiger partial charge in [-0.05, 0) is 59.4 Å². The summed E-state index contributed by atoms with van der Waals surface area (Å²) in [6, 6.07) is 9.84. The van der Waals surface area contributed by atoms with Gasteiger partial charge in [0.2, 0.25) is 0 Å². The van der Waals surface area contributed by atoms with Crippen LogP contribution in [0.5, 0.6) is 5.75 Å². The summed E-state index contributed by atoms with van der Waals surface area (Å²) < 4.78 is 5.84. The highest BCUT2D eigenvalue weighted by Gasteiger charge is 2.12. The van der Waals surface area contributed by atoms with E-state index in [4.69, 9.17) is 4.74 Å². The summed E-state index contributed by atoms with van der Waals surface area (Å²) in [6.45, 7) is 12.8. The first-order chi connectivity index (χ1) is 9.45. The van der Waals surface area contributed by atoms with Gasteiger partial charge < -0.3 is 10.1 Å². The molecule has 0 aliphatic heterocycles. The lowest BCUT2D eigenvalue weighted by Crippen LogP contribution is -2.39. The zero-order chi connectivity index (χ0) is 15.1. The Morgan fingerprint density at radius 3 is 2.00 bits per heavy atom. The number of benzene rings is 1. The van der Waals surface area contributed by atoms with Gasteiger partial charge in [-0.3, -0.25) is 4.90 Å². The molecule has 0 bridgehead atoms. The Labute approximate surface area is 124 Å². The SMILES string of the molecule is CNC(C)c1ccc(OCCN(C(C)C)C(C)C)cc1. The molecule has 0 radical (unpaired) electrons. The van der Waals surface area contributed by atoms with Gasteiger partial charge in [-0.1, -0.05) is 12.1 Å². The summed E-state index contributed by atoms with van der Waals surface area (Å²) in [5, 5.41) is 3.24. The van der Waals surface area contributed by atoms with E-state index >= 15 is 0 Å². The van der Waals surface area contributed by atoms with E-state index in [2.05, 4.69) is 69.1 Å². The first-order valence-electron chi connectivity index (χ1n) is 7.61. The molecule has 3 heteroatoms. The highest BCUT2D eigenvalue weighted by atomic mass is 16.5. The van der Waals surface area contributed by atoms with Crippen LogP contribution in [0.3, 0.4) is 0 Å². The molecule has 0 saturated carbocycles. The van der Waals surface area contributed by atoms with Gasteiger partial charge >= 0.3 is 0 Å². The predicted molar refractivity (Wildman–Crippen MR) is 86.4 cm³/mol. The predicted octanol–water partition coefficient (Wildman–Crippen LogP) is 3.46. The van der Waals surface area contributed by atoms with Crippen LogP contribution in [0.1, 0.15) is 46.2 Å². The van der Waals surface area contributed by atoms with E-state index in [1.165, 1.54) is 5.56 Å². The lowest BCUT2D eigenvalue weighted by atomic mass is 10.1. The van der Waals surface area contributed by atoms with Gasteiger partial charge in [0.25, 0.3) is 0 Å². The van der Waals surface area contributed by atoms with Crippen LogP contribution in [-0.4, -0.2) is 37.2 Å². The molecule has 1 aromatic rings. The van der Waals surface area contributed by atoms with Crippen LogP contribution in [0.4, 0.5) is 0 Å². The van der Waals surface area contributed by atoms with Crippen LogP contribution in [-0.2, 0) is 0 Å². The molecule has 0 aliphatic rings. The van der Waals surface area contributed by atoms with E-state index in [0.29, 0.717) is 18.1 Å². The average molecular weight is 278 g/mol. The van der Waals surface area contributed by atoms with Crippen LogP contribution in [0.2, 0.25) is 0 Å². The maximum atomic E-state index is 5.84. The van der Waals surface area contributed by atoms with Crippen molar-refractivity contribution >= 4 is 0 Å². The van der Waals surface area contributed by atoms with Crippen molar-refractivity contribution in [3.63, 3.8) is 0 Å². The Balaban J connectivity index is 2.46. The minimum Gasteiger partial charge on any atom is -0.492 e. The zero-order valence-corrected chi connectivity index (χ0v) is 13.8. The maximum Gasteiger partial charge on any atom is 0.119 e. The number of nitrogens with zero attached hydrogens (tertiary/aromatic N) is 1. The fraction of sp³-hybridized carbons (Fsp3) is 0.647. The lowest BCUT2D eigenvalue weighted by Gasteiger charge is -2.30. The van der Waals surface area contributed by atoms with Gasteiger partial charge in [0.1, 0.15) is 12.4 Å². The van der Waals surface area contributed by atoms with E-state index < -0.39 is 0 Å². The molecule has 0 saturated heterocycles. The van der Waals surface area contributed by atoms with Crippen LogP contribution in [0, 0.1) is 0 Å². The fourth-order valence-electron chi connectivity index (χ4n) is 2.40. The third kappa shape index (κ3) is 5.14. The Morgan fingerprint density at radius 1 is 1.00 bits per heavy atom. The summed E-state index contributed by atoms with van der Waals surface area (Å²) in [7, 11) is 1.97. The quantitative estimate of drug-likeness (QED) is 0.788. The maximum absolute atomic E-state index is 5.84. The number of hydrogen-bond acceptors (Lipinski definition) is 3. The van der Waals surface area contributed by atoms with Crippen molar-refractivity contribution in [1.29, 1.82) is 0 Å². The monoisotopic (exact) mass is 278 g/mol. The van der Waals surface area contributed by atoms with E-state index in [1.54, 1.807) is 0 Å². The normalized spacial score (nSPS) is 13.2. The summed E-state index contributed by atoms with van der Waals surface area (Å²) in [6.07, 6.45) is 0. The van der Waals surface area contributed by atoms with Gasteiger partial charge in [0.05, 0.1) is 0 Å². The van der Waals surface area contributed by atoms with Gasteiger partial charge in [-0.2, -0.15) is 0 Å². The molecule has 114 valence electrons. The smallest absolute Gasteiger partial charge is 0.119 e. The summed E-state index contributed by atoms with van der Waals surface area (Å²) in [5.74, 6) is 0.949. The molecule has 1 rings (SSSR count). The first-order valence-corrected chi connectivity index (χ1v) is 7.61. The van der Waals surface area contributed by atoms with Crippen molar-refractivity contribution in [2.45, 2.75) is 52.7 Å². The first kappa shape index (κ1) is 17.0. The Morgan fingerprint density at radius 2 is 1.55 bits per heavy atom. The summed E-state index contributed by atoms with van der Waals surface area (Å²) in [5.41, 5.74) is 1.28. The Hall–Kier alpha value is -1.06. The van der Waals surface area contributed by atoms with E-state index in [1.807, 2.05) is 7.05 Å². The zero-order valence-electron chi connectivity index (χ0n) is 13.8. The molecular weight excluding hydrogens is 248 g/mol. The highest BCUT2D eigenvalue weighted by Crippen LogP contribution is 2.17. The van der Waals surface area contributed by atoms with Gasteiger partial charge in [0, 0.05) is 24.7 Å². The second-order valence-electron chi connectivity index (χ2n) is 5.85. The van der Waals surface area contributed by atoms with Crippen LogP contribution < -0.4 is 10.1 Å². The second kappa shape index (κ2) is 8.28. The number of rotatable bonds is 8. The molecule has 0 fully saturated rings. The van der Waals surface area contributed by atoms with Crippen molar-refractivity contribution in [3.8, 4) is 5.75 Å².